The Kier molecular flexibility index (Phi) is 7.30. The van der Waals surface area contributed by atoms with Crippen molar-refractivity contribution in [3.8, 4) is 0 Å². The number of ketones is 1. The second-order valence-electron chi connectivity index (χ2n) is 4.76. The molecule has 3 nitrogen and oxygen atoms in total. The van der Waals surface area contributed by atoms with Gasteiger partial charge in [0, 0.05) is 18.6 Å². The van der Waals surface area contributed by atoms with Gasteiger partial charge in [0.1, 0.15) is 5.82 Å². The zero-order chi connectivity index (χ0) is 14.1. The molecule has 0 saturated heterocycles. The van der Waals surface area contributed by atoms with E-state index in [0.29, 0.717) is 37.7 Å². The summed E-state index contributed by atoms with van der Waals surface area (Å²) >= 11 is 0. The minimum absolute atomic E-state index is 0.0388. The number of hydrogen-bond donors (Lipinski definition) is 0. The third-order valence-corrected chi connectivity index (χ3v) is 2.46. The van der Waals surface area contributed by atoms with Gasteiger partial charge < -0.3 is 9.47 Å². The molecule has 0 amide bonds. The second kappa shape index (κ2) is 8.77. The maximum absolute atomic E-state index is 12.7. The molecule has 1 aromatic carbocycles. The highest BCUT2D eigenvalue weighted by Crippen LogP contribution is 2.05. The van der Waals surface area contributed by atoms with Gasteiger partial charge in [-0.15, -0.1) is 0 Å². The van der Waals surface area contributed by atoms with Crippen LogP contribution in [0, 0.1) is 11.7 Å². The molecule has 0 atom stereocenters. The minimum Gasteiger partial charge on any atom is -0.379 e. The number of carbonyl (C=O) groups is 1. The summed E-state index contributed by atoms with van der Waals surface area (Å²) in [6.45, 7) is 6.29. The lowest BCUT2D eigenvalue weighted by molar-refractivity contribution is 0.0365. The third kappa shape index (κ3) is 7.03. The monoisotopic (exact) mass is 268 g/mol. The van der Waals surface area contributed by atoms with Gasteiger partial charge in [0.25, 0.3) is 0 Å². The maximum Gasteiger partial charge on any atom is 0.165 e. The molecule has 0 unspecified atom stereocenters. The van der Waals surface area contributed by atoms with Gasteiger partial charge in [-0.1, -0.05) is 13.8 Å². The molecule has 0 aliphatic rings. The first-order valence-corrected chi connectivity index (χ1v) is 6.54. The molecule has 0 fully saturated rings. The smallest absolute Gasteiger partial charge is 0.165 e. The lowest BCUT2D eigenvalue weighted by Gasteiger charge is -2.07. The summed E-state index contributed by atoms with van der Waals surface area (Å²) in [4.78, 5) is 11.7. The van der Waals surface area contributed by atoms with Crippen molar-refractivity contribution in [1.82, 2.24) is 0 Å². The van der Waals surface area contributed by atoms with Crippen LogP contribution in [0.3, 0.4) is 0 Å². The van der Waals surface area contributed by atoms with Crippen LogP contribution in [0.15, 0.2) is 24.3 Å². The van der Waals surface area contributed by atoms with Crippen LogP contribution in [0.5, 0.6) is 0 Å². The first-order chi connectivity index (χ1) is 9.09. The molecule has 0 heterocycles. The average Bonchev–Trinajstić information content (AvgIpc) is 2.38. The molecule has 19 heavy (non-hydrogen) atoms. The molecule has 0 aliphatic heterocycles. The lowest BCUT2D eigenvalue weighted by atomic mass is 10.1. The normalized spacial score (nSPS) is 10.9. The van der Waals surface area contributed by atoms with E-state index in [-0.39, 0.29) is 11.6 Å². The Morgan fingerprint density at radius 1 is 1.11 bits per heavy atom. The van der Waals surface area contributed by atoms with Crippen LogP contribution in [0.25, 0.3) is 0 Å². The molecular weight excluding hydrogens is 247 g/mol. The van der Waals surface area contributed by atoms with Crippen LogP contribution in [-0.2, 0) is 9.47 Å². The van der Waals surface area contributed by atoms with Crippen molar-refractivity contribution in [2.45, 2.75) is 20.3 Å². The van der Waals surface area contributed by atoms with E-state index >= 15 is 0 Å². The fourth-order valence-corrected chi connectivity index (χ4v) is 1.48. The van der Waals surface area contributed by atoms with Crippen LogP contribution in [0.2, 0.25) is 0 Å². The predicted molar refractivity (Wildman–Crippen MR) is 71.8 cm³/mol. The van der Waals surface area contributed by atoms with Crippen LogP contribution >= 0.6 is 0 Å². The van der Waals surface area contributed by atoms with Gasteiger partial charge in [-0.05, 0) is 30.2 Å². The Labute approximate surface area is 113 Å². The molecular formula is C15H21FO3. The molecule has 0 aliphatic carbocycles. The van der Waals surface area contributed by atoms with Crippen molar-refractivity contribution in [3.63, 3.8) is 0 Å². The SMILES string of the molecule is CC(C)COCCOCCC(=O)c1ccc(F)cc1. The summed E-state index contributed by atoms with van der Waals surface area (Å²) in [7, 11) is 0. The summed E-state index contributed by atoms with van der Waals surface area (Å²) in [5, 5.41) is 0. The van der Waals surface area contributed by atoms with Crippen LogP contribution in [0.1, 0.15) is 30.6 Å². The number of benzene rings is 1. The zero-order valence-electron chi connectivity index (χ0n) is 11.5. The van der Waals surface area contributed by atoms with Crippen molar-refractivity contribution in [2.75, 3.05) is 26.4 Å². The van der Waals surface area contributed by atoms with E-state index in [4.69, 9.17) is 9.47 Å². The summed E-state index contributed by atoms with van der Waals surface area (Å²) in [6, 6.07) is 5.55. The van der Waals surface area contributed by atoms with E-state index in [2.05, 4.69) is 13.8 Å². The number of carbonyl (C=O) groups excluding carboxylic acids is 1. The predicted octanol–water partition coefficient (Wildman–Crippen LogP) is 3.09. The fourth-order valence-electron chi connectivity index (χ4n) is 1.48. The van der Waals surface area contributed by atoms with Gasteiger partial charge in [0.15, 0.2) is 5.78 Å². The van der Waals surface area contributed by atoms with Crippen molar-refractivity contribution < 1.29 is 18.7 Å². The van der Waals surface area contributed by atoms with Crippen molar-refractivity contribution >= 4 is 5.78 Å². The quantitative estimate of drug-likeness (QED) is 0.510. The highest BCUT2D eigenvalue weighted by molar-refractivity contribution is 5.96. The van der Waals surface area contributed by atoms with Gasteiger partial charge in [0.05, 0.1) is 19.8 Å². The van der Waals surface area contributed by atoms with Crippen LogP contribution in [-0.4, -0.2) is 32.2 Å². The summed E-state index contributed by atoms with van der Waals surface area (Å²) in [5.74, 6) is 0.137. The Hall–Kier alpha value is -1.26. The molecule has 1 aromatic rings. The molecule has 0 saturated carbocycles. The maximum atomic E-state index is 12.7. The number of Topliss-reactive ketones (excluding diaryl/α,β-unsaturated/α-hetero) is 1. The standard InChI is InChI=1S/C15H21FO3/c1-12(2)11-19-10-9-18-8-7-15(17)13-3-5-14(16)6-4-13/h3-6,12H,7-11H2,1-2H3. The molecule has 0 spiro atoms. The summed E-state index contributed by atoms with van der Waals surface area (Å²) < 4.78 is 23.3. The highest BCUT2D eigenvalue weighted by Gasteiger charge is 2.05. The summed E-state index contributed by atoms with van der Waals surface area (Å²) in [5.41, 5.74) is 0.515. The Balaban J connectivity index is 2.09. The van der Waals surface area contributed by atoms with Gasteiger partial charge in [0.2, 0.25) is 0 Å². The van der Waals surface area contributed by atoms with E-state index in [0.717, 1.165) is 6.61 Å². The topological polar surface area (TPSA) is 35.5 Å². The Morgan fingerprint density at radius 3 is 2.37 bits per heavy atom. The van der Waals surface area contributed by atoms with Crippen molar-refractivity contribution in [3.05, 3.63) is 35.6 Å². The first kappa shape index (κ1) is 15.8. The number of rotatable bonds is 9. The minimum atomic E-state index is -0.338. The number of hydrogen-bond acceptors (Lipinski definition) is 3. The highest BCUT2D eigenvalue weighted by atomic mass is 19.1. The zero-order valence-corrected chi connectivity index (χ0v) is 11.5. The van der Waals surface area contributed by atoms with E-state index in [1.54, 1.807) is 0 Å². The van der Waals surface area contributed by atoms with Crippen LogP contribution < -0.4 is 0 Å². The van der Waals surface area contributed by atoms with Crippen molar-refractivity contribution in [2.24, 2.45) is 5.92 Å². The van der Waals surface area contributed by atoms with Gasteiger partial charge in [-0.3, -0.25) is 4.79 Å². The van der Waals surface area contributed by atoms with E-state index < -0.39 is 0 Å². The summed E-state index contributed by atoms with van der Waals surface area (Å²) in [6.07, 6.45) is 0.301. The van der Waals surface area contributed by atoms with Gasteiger partial charge in [-0.25, -0.2) is 4.39 Å². The third-order valence-electron chi connectivity index (χ3n) is 2.46. The molecule has 106 valence electrons. The lowest BCUT2D eigenvalue weighted by Crippen LogP contribution is -2.11. The Morgan fingerprint density at radius 2 is 1.74 bits per heavy atom. The van der Waals surface area contributed by atoms with Crippen molar-refractivity contribution in [1.29, 1.82) is 0 Å². The molecule has 0 radical (unpaired) electrons. The van der Waals surface area contributed by atoms with E-state index in [1.165, 1.54) is 24.3 Å². The molecule has 4 heteroatoms. The fraction of sp³-hybridized carbons (Fsp3) is 0.533. The van der Waals surface area contributed by atoms with Gasteiger partial charge >= 0.3 is 0 Å². The average molecular weight is 268 g/mol. The molecule has 0 aromatic heterocycles. The Bertz CT molecular complexity index is 373. The second-order valence-corrected chi connectivity index (χ2v) is 4.76. The van der Waals surface area contributed by atoms with Crippen LogP contribution in [0.4, 0.5) is 4.39 Å². The molecule has 0 N–H and O–H groups in total. The molecule has 1 rings (SSSR count). The number of halogens is 1. The largest absolute Gasteiger partial charge is 0.379 e. The van der Waals surface area contributed by atoms with E-state index in [9.17, 15) is 9.18 Å². The number of ether oxygens (including phenoxy) is 2. The van der Waals surface area contributed by atoms with Gasteiger partial charge in [-0.2, -0.15) is 0 Å². The van der Waals surface area contributed by atoms with E-state index in [1.807, 2.05) is 0 Å². The first-order valence-electron chi connectivity index (χ1n) is 6.54. The molecule has 0 bridgehead atoms.